The predicted molar refractivity (Wildman–Crippen MR) is 91.4 cm³/mol. The molecule has 0 aliphatic rings. The summed E-state index contributed by atoms with van der Waals surface area (Å²) in [6, 6.07) is 0. The number of carbonyl (C=O) groups is 1. The van der Waals surface area contributed by atoms with Gasteiger partial charge in [-0.1, -0.05) is 51.9 Å². The molecule has 0 bridgehead atoms. The number of hydrogen-bond donors (Lipinski definition) is 5. The summed E-state index contributed by atoms with van der Waals surface area (Å²) in [5, 5.41) is 47.0. The van der Waals surface area contributed by atoms with Crippen molar-refractivity contribution < 1.29 is 30.3 Å². The number of hydrogen-bond acceptors (Lipinski definition) is 6. The molecule has 1 amide bonds. The van der Waals surface area contributed by atoms with Crippen molar-refractivity contribution in [2.75, 3.05) is 20.2 Å². The van der Waals surface area contributed by atoms with Gasteiger partial charge < -0.3 is 30.4 Å². The maximum Gasteiger partial charge on any atom is 0.253 e. The van der Waals surface area contributed by atoms with Crippen LogP contribution in [0.2, 0.25) is 0 Å². The lowest BCUT2D eigenvalue weighted by Gasteiger charge is -2.28. The number of nitrogens with zero attached hydrogens (tertiary/aromatic N) is 1. The summed E-state index contributed by atoms with van der Waals surface area (Å²) in [6.45, 7) is 1.87. The molecule has 0 fully saturated rings. The van der Waals surface area contributed by atoms with E-state index in [1.807, 2.05) is 0 Å². The molecule has 5 N–H and O–H groups in total. The Balaban J connectivity index is 4.00. The van der Waals surface area contributed by atoms with Crippen LogP contribution in [0.3, 0.4) is 0 Å². The summed E-state index contributed by atoms with van der Waals surface area (Å²) >= 11 is 0. The summed E-state index contributed by atoms with van der Waals surface area (Å²) in [5.41, 5.74) is 0. The smallest absolute Gasteiger partial charge is 0.253 e. The summed E-state index contributed by atoms with van der Waals surface area (Å²) in [6.07, 6.45) is 2.02. The molecule has 0 heterocycles. The van der Waals surface area contributed by atoms with Crippen LogP contribution in [0.25, 0.3) is 0 Å². The molecule has 7 nitrogen and oxygen atoms in total. The number of rotatable bonds is 14. The summed E-state index contributed by atoms with van der Waals surface area (Å²) in [4.78, 5) is 13.3. The Morgan fingerprint density at radius 1 is 0.875 bits per heavy atom. The molecular formula is C17H35NO6. The normalized spacial score (nSPS) is 16.5. The third kappa shape index (κ3) is 8.94. The number of amides is 1. The molecular weight excluding hydrogens is 314 g/mol. The van der Waals surface area contributed by atoms with E-state index in [-0.39, 0.29) is 0 Å². The van der Waals surface area contributed by atoms with Crippen LogP contribution in [0.4, 0.5) is 0 Å². The minimum absolute atomic E-state index is 0.455. The van der Waals surface area contributed by atoms with Crippen molar-refractivity contribution in [1.82, 2.24) is 4.90 Å². The van der Waals surface area contributed by atoms with Crippen LogP contribution >= 0.6 is 0 Å². The zero-order valence-electron chi connectivity index (χ0n) is 15.0. The van der Waals surface area contributed by atoms with Crippen LogP contribution in [0.15, 0.2) is 0 Å². The van der Waals surface area contributed by atoms with Gasteiger partial charge in [0.15, 0.2) is 6.10 Å². The molecule has 0 aliphatic carbocycles. The second kappa shape index (κ2) is 13.5. The number of aliphatic hydroxyl groups is 5. The zero-order chi connectivity index (χ0) is 18.5. The van der Waals surface area contributed by atoms with E-state index in [0.29, 0.717) is 6.54 Å². The molecule has 0 unspecified atom stereocenters. The minimum atomic E-state index is -1.85. The minimum Gasteiger partial charge on any atom is -0.394 e. The van der Waals surface area contributed by atoms with E-state index in [1.54, 1.807) is 0 Å². The first-order valence-corrected chi connectivity index (χ1v) is 8.94. The molecule has 0 radical (unpaired) electrons. The quantitative estimate of drug-likeness (QED) is 0.282. The monoisotopic (exact) mass is 349 g/mol. The molecule has 0 aromatic heterocycles. The highest BCUT2D eigenvalue weighted by Gasteiger charge is 2.35. The van der Waals surface area contributed by atoms with E-state index < -0.39 is 36.9 Å². The van der Waals surface area contributed by atoms with Crippen LogP contribution in [0, 0.1) is 0 Å². The highest BCUT2D eigenvalue weighted by Crippen LogP contribution is 2.10. The lowest BCUT2D eigenvalue weighted by Crippen LogP contribution is -2.52. The summed E-state index contributed by atoms with van der Waals surface area (Å²) in [5.74, 6) is -0.713. The predicted octanol–water partition coefficient (Wildman–Crippen LogP) is 0.0214. The van der Waals surface area contributed by atoms with Crippen LogP contribution in [0.1, 0.15) is 58.3 Å². The van der Waals surface area contributed by atoms with Gasteiger partial charge in [0.1, 0.15) is 18.3 Å². The summed E-state index contributed by atoms with van der Waals surface area (Å²) < 4.78 is 0. The number of unbranched alkanes of at least 4 members (excludes halogenated alkanes) is 7. The van der Waals surface area contributed by atoms with Crippen LogP contribution in [0.5, 0.6) is 0 Å². The topological polar surface area (TPSA) is 121 Å². The average molecular weight is 349 g/mol. The Hall–Kier alpha value is -0.730. The Kier molecular flexibility index (Phi) is 13.1. The van der Waals surface area contributed by atoms with Crippen molar-refractivity contribution in [3.63, 3.8) is 0 Å². The second-order valence-corrected chi connectivity index (χ2v) is 6.41. The Labute approximate surface area is 144 Å². The van der Waals surface area contributed by atoms with Gasteiger partial charge in [-0.2, -0.15) is 0 Å². The fraction of sp³-hybridized carbons (Fsp3) is 0.941. The Bertz CT molecular complexity index is 328. The van der Waals surface area contributed by atoms with Gasteiger partial charge in [-0.3, -0.25) is 4.79 Å². The van der Waals surface area contributed by atoms with Crippen molar-refractivity contribution in [2.24, 2.45) is 0 Å². The molecule has 0 spiro atoms. The maximum atomic E-state index is 12.0. The van der Waals surface area contributed by atoms with Crippen molar-refractivity contribution in [1.29, 1.82) is 0 Å². The molecule has 0 saturated carbocycles. The SMILES string of the molecule is CCCCCCCCCCN(C)C(=O)[C@H](O)[C@@H](O)[C@H](O)[C@H](O)CO. The number of carbonyl (C=O) groups excluding carboxylic acids is 1. The standard InChI is InChI=1S/C17H35NO6/c1-3-4-5-6-7-8-9-10-11-18(2)17(24)16(23)15(22)14(21)13(20)12-19/h13-16,19-23H,3-12H2,1-2H3/t13-,14-,15+,16-/m1/s1. The first kappa shape index (κ1) is 23.3. The van der Waals surface area contributed by atoms with Gasteiger partial charge >= 0.3 is 0 Å². The first-order valence-electron chi connectivity index (χ1n) is 8.94. The third-order valence-corrected chi connectivity index (χ3v) is 4.23. The van der Waals surface area contributed by atoms with Crippen LogP contribution < -0.4 is 0 Å². The van der Waals surface area contributed by atoms with Crippen molar-refractivity contribution in [3.05, 3.63) is 0 Å². The van der Waals surface area contributed by atoms with Gasteiger partial charge in [0.05, 0.1) is 6.61 Å². The molecule has 0 saturated heterocycles. The van der Waals surface area contributed by atoms with E-state index in [4.69, 9.17) is 5.11 Å². The second-order valence-electron chi connectivity index (χ2n) is 6.41. The van der Waals surface area contributed by atoms with Crippen LogP contribution in [-0.4, -0.2) is 81.0 Å². The molecule has 0 rings (SSSR count). The molecule has 4 atom stereocenters. The molecule has 0 aromatic rings. The van der Waals surface area contributed by atoms with Gasteiger partial charge in [0.2, 0.25) is 0 Å². The van der Waals surface area contributed by atoms with Crippen molar-refractivity contribution in [3.8, 4) is 0 Å². The van der Waals surface area contributed by atoms with E-state index in [0.717, 1.165) is 19.3 Å². The highest BCUT2D eigenvalue weighted by molar-refractivity contribution is 5.81. The fourth-order valence-corrected chi connectivity index (χ4v) is 2.49. The molecule has 144 valence electrons. The lowest BCUT2D eigenvalue weighted by atomic mass is 10.0. The lowest BCUT2D eigenvalue weighted by molar-refractivity contribution is -0.157. The fourth-order valence-electron chi connectivity index (χ4n) is 2.49. The van der Waals surface area contributed by atoms with Gasteiger partial charge in [0, 0.05) is 13.6 Å². The average Bonchev–Trinajstić information content (AvgIpc) is 2.60. The molecule has 0 aliphatic heterocycles. The number of likely N-dealkylation sites (N-methyl/N-ethyl adjacent to an activating group) is 1. The van der Waals surface area contributed by atoms with Gasteiger partial charge in [0.25, 0.3) is 5.91 Å². The third-order valence-electron chi connectivity index (χ3n) is 4.23. The Morgan fingerprint density at radius 3 is 1.88 bits per heavy atom. The van der Waals surface area contributed by atoms with Crippen molar-refractivity contribution >= 4 is 5.91 Å². The molecule has 24 heavy (non-hydrogen) atoms. The molecule has 0 aromatic carbocycles. The van der Waals surface area contributed by atoms with Gasteiger partial charge in [-0.05, 0) is 6.42 Å². The summed E-state index contributed by atoms with van der Waals surface area (Å²) in [7, 11) is 1.52. The van der Waals surface area contributed by atoms with Gasteiger partial charge in [-0.15, -0.1) is 0 Å². The van der Waals surface area contributed by atoms with E-state index >= 15 is 0 Å². The van der Waals surface area contributed by atoms with Gasteiger partial charge in [-0.25, -0.2) is 0 Å². The first-order chi connectivity index (χ1) is 11.4. The number of aliphatic hydroxyl groups excluding tert-OH is 5. The van der Waals surface area contributed by atoms with E-state index in [2.05, 4.69) is 6.92 Å². The van der Waals surface area contributed by atoms with Crippen LogP contribution in [-0.2, 0) is 4.79 Å². The van der Waals surface area contributed by atoms with Crippen molar-refractivity contribution in [2.45, 2.75) is 82.7 Å². The Morgan fingerprint density at radius 2 is 1.38 bits per heavy atom. The van der Waals surface area contributed by atoms with E-state index in [1.165, 1.54) is 44.1 Å². The molecule has 7 heteroatoms. The van der Waals surface area contributed by atoms with E-state index in [9.17, 15) is 25.2 Å². The largest absolute Gasteiger partial charge is 0.394 e. The maximum absolute atomic E-state index is 12.0. The zero-order valence-corrected chi connectivity index (χ0v) is 15.0. The highest BCUT2D eigenvalue weighted by atomic mass is 16.4.